The summed E-state index contributed by atoms with van der Waals surface area (Å²) in [6, 6.07) is 0. The molecule has 1 rings (SSSR count). The number of allylic oxidation sites excluding steroid dienone is 2. The van der Waals surface area contributed by atoms with Gasteiger partial charge < -0.3 is 0 Å². The quantitative estimate of drug-likeness (QED) is 0.533. The molecule has 0 saturated heterocycles. The van der Waals surface area contributed by atoms with Crippen LogP contribution in [-0.4, -0.2) is 37.0 Å². The average molecular weight is 139 g/mol. The summed E-state index contributed by atoms with van der Waals surface area (Å²) in [4.78, 5) is 4.11. The number of hydrogen-bond donors (Lipinski definition) is 0. The van der Waals surface area contributed by atoms with Crippen LogP contribution in [0.15, 0.2) is 16.8 Å². The Labute approximate surface area is 61.6 Å². The second-order valence-corrected chi connectivity index (χ2v) is 2.53. The highest BCUT2D eigenvalue weighted by Gasteiger charge is 2.07. The lowest BCUT2D eigenvalue weighted by molar-refractivity contribution is 0.0686. The van der Waals surface area contributed by atoms with Crippen molar-refractivity contribution in [1.82, 2.24) is 10.0 Å². The second-order valence-electron chi connectivity index (χ2n) is 2.53. The Morgan fingerprint density at radius 3 is 2.70 bits per heavy atom. The molecular formula is C7H13N3. The highest BCUT2D eigenvalue weighted by molar-refractivity contribution is 5.72. The van der Waals surface area contributed by atoms with Gasteiger partial charge in [0.2, 0.25) is 0 Å². The van der Waals surface area contributed by atoms with E-state index in [0.29, 0.717) is 0 Å². The summed E-state index contributed by atoms with van der Waals surface area (Å²) in [5, 5.41) is 4.13. The fraction of sp³-hybridized carbons (Fsp3) is 0.571. The van der Waals surface area contributed by atoms with Gasteiger partial charge in [-0.25, -0.2) is 5.01 Å². The molecule has 0 bridgehead atoms. The molecule has 0 fully saturated rings. The van der Waals surface area contributed by atoms with Crippen LogP contribution in [-0.2, 0) is 0 Å². The number of aliphatic imine (C=N–C) groups is 1. The van der Waals surface area contributed by atoms with Crippen molar-refractivity contribution in [3.05, 3.63) is 11.8 Å². The van der Waals surface area contributed by atoms with Crippen LogP contribution in [0.25, 0.3) is 0 Å². The van der Waals surface area contributed by atoms with Crippen molar-refractivity contribution in [2.24, 2.45) is 4.99 Å². The number of rotatable bonds is 1. The first-order valence-electron chi connectivity index (χ1n) is 3.33. The number of hydrazine groups is 1. The maximum absolute atomic E-state index is 4.11. The van der Waals surface area contributed by atoms with Gasteiger partial charge in [-0.15, -0.1) is 0 Å². The summed E-state index contributed by atoms with van der Waals surface area (Å²) < 4.78 is 0. The third-order valence-electron chi connectivity index (χ3n) is 1.53. The standard InChI is InChI=1S/C7H13N3/c1-7-4-5-8-6-10(7)9(2)3/h4-5H,6H2,1-3H3. The van der Waals surface area contributed by atoms with Crippen LogP contribution < -0.4 is 0 Å². The van der Waals surface area contributed by atoms with Gasteiger partial charge in [-0.05, 0) is 13.0 Å². The zero-order valence-electron chi connectivity index (χ0n) is 6.70. The third-order valence-corrected chi connectivity index (χ3v) is 1.53. The van der Waals surface area contributed by atoms with Gasteiger partial charge in [0.05, 0.1) is 0 Å². The van der Waals surface area contributed by atoms with E-state index in [-0.39, 0.29) is 0 Å². The largest absolute Gasteiger partial charge is 0.289 e. The summed E-state index contributed by atoms with van der Waals surface area (Å²) in [6.07, 6.45) is 3.85. The normalized spacial score (nSPS) is 18.0. The summed E-state index contributed by atoms with van der Waals surface area (Å²) in [5.74, 6) is 0. The Morgan fingerprint density at radius 2 is 2.30 bits per heavy atom. The van der Waals surface area contributed by atoms with E-state index in [9.17, 15) is 0 Å². The Hall–Kier alpha value is -0.830. The predicted molar refractivity (Wildman–Crippen MR) is 42.6 cm³/mol. The van der Waals surface area contributed by atoms with Crippen molar-refractivity contribution in [2.75, 3.05) is 20.8 Å². The van der Waals surface area contributed by atoms with Gasteiger partial charge in [0.1, 0.15) is 6.67 Å². The molecule has 0 saturated carbocycles. The first-order valence-corrected chi connectivity index (χ1v) is 3.33. The van der Waals surface area contributed by atoms with E-state index in [1.807, 2.05) is 31.4 Å². The highest BCUT2D eigenvalue weighted by Crippen LogP contribution is 2.06. The van der Waals surface area contributed by atoms with E-state index in [1.54, 1.807) is 0 Å². The molecule has 1 heterocycles. The number of nitrogens with zero attached hydrogens (tertiary/aromatic N) is 3. The third kappa shape index (κ3) is 1.36. The van der Waals surface area contributed by atoms with Gasteiger partial charge in [-0.1, -0.05) is 0 Å². The first kappa shape index (κ1) is 7.28. The molecule has 0 unspecified atom stereocenters. The van der Waals surface area contributed by atoms with Crippen molar-refractivity contribution in [3.63, 3.8) is 0 Å². The molecule has 3 heteroatoms. The van der Waals surface area contributed by atoms with Crippen molar-refractivity contribution in [1.29, 1.82) is 0 Å². The van der Waals surface area contributed by atoms with E-state index < -0.39 is 0 Å². The van der Waals surface area contributed by atoms with Crippen LogP contribution in [0.3, 0.4) is 0 Å². The van der Waals surface area contributed by atoms with Gasteiger partial charge in [-0.2, -0.15) is 0 Å². The SMILES string of the molecule is CC1=CC=NCN1N(C)C. The van der Waals surface area contributed by atoms with Crippen LogP contribution in [0.5, 0.6) is 0 Å². The van der Waals surface area contributed by atoms with Crippen LogP contribution in [0.4, 0.5) is 0 Å². The lowest BCUT2D eigenvalue weighted by Crippen LogP contribution is -2.36. The van der Waals surface area contributed by atoms with E-state index in [1.165, 1.54) is 5.70 Å². The van der Waals surface area contributed by atoms with E-state index in [2.05, 4.69) is 16.9 Å². The second kappa shape index (κ2) is 2.84. The molecule has 1 aliphatic rings. The van der Waals surface area contributed by atoms with E-state index >= 15 is 0 Å². The molecule has 1 aliphatic heterocycles. The molecule has 0 N–H and O–H groups in total. The topological polar surface area (TPSA) is 18.8 Å². The van der Waals surface area contributed by atoms with Gasteiger partial charge in [0.25, 0.3) is 0 Å². The van der Waals surface area contributed by atoms with Gasteiger partial charge >= 0.3 is 0 Å². The van der Waals surface area contributed by atoms with Crippen molar-refractivity contribution in [2.45, 2.75) is 6.92 Å². The molecule has 0 spiro atoms. The summed E-state index contributed by atoms with van der Waals surface area (Å²) in [7, 11) is 4.02. The molecule has 0 amide bonds. The fourth-order valence-corrected chi connectivity index (χ4v) is 0.925. The van der Waals surface area contributed by atoms with Crippen LogP contribution in [0.1, 0.15) is 6.92 Å². The summed E-state index contributed by atoms with van der Waals surface area (Å²) >= 11 is 0. The monoisotopic (exact) mass is 139 g/mol. The lowest BCUT2D eigenvalue weighted by atomic mass is 10.4. The maximum atomic E-state index is 4.11. The lowest BCUT2D eigenvalue weighted by Gasteiger charge is -2.31. The van der Waals surface area contributed by atoms with Crippen LogP contribution >= 0.6 is 0 Å². The van der Waals surface area contributed by atoms with Crippen molar-refractivity contribution >= 4 is 6.21 Å². The smallest absolute Gasteiger partial charge is 0.124 e. The maximum Gasteiger partial charge on any atom is 0.124 e. The highest BCUT2D eigenvalue weighted by atomic mass is 15.6. The molecule has 0 aliphatic carbocycles. The minimum absolute atomic E-state index is 0.745. The summed E-state index contributed by atoms with van der Waals surface area (Å²) in [6.45, 7) is 2.82. The van der Waals surface area contributed by atoms with E-state index in [4.69, 9.17) is 0 Å². The number of hydrogen-bond acceptors (Lipinski definition) is 3. The van der Waals surface area contributed by atoms with Crippen molar-refractivity contribution < 1.29 is 0 Å². The predicted octanol–water partition coefficient (Wildman–Crippen LogP) is 0.711. The molecule has 0 atom stereocenters. The Bertz CT molecular complexity index is 170. The molecule has 0 aromatic carbocycles. The van der Waals surface area contributed by atoms with Gasteiger partial charge in [-0.3, -0.25) is 10.0 Å². The molecule has 10 heavy (non-hydrogen) atoms. The minimum Gasteiger partial charge on any atom is -0.289 e. The zero-order chi connectivity index (χ0) is 7.56. The molecule has 0 aromatic rings. The molecular weight excluding hydrogens is 126 g/mol. The van der Waals surface area contributed by atoms with Gasteiger partial charge in [0, 0.05) is 26.0 Å². The van der Waals surface area contributed by atoms with Gasteiger partial charge in [0.15, 0.2) is 0 Å². The first-order chi connectivity index (χ1) is 4.72. The molecule has 56 valence electrons. The van der Waals surface area contributed by atoms with E-state index in [0.717, 1.165) is 6.67 Å². The van der Waals surface area contributed by atoms with Crippen molar-refractivity contribution in [3.8, 4) is 0 Å². The molecule has 3 nitrogen and oxygen atoms in total. The Kier molecular flexibility index (Phi) is 2.06. The minimum atomic E-state index is 0.745. The zero-order valence-corrected chi connectivity index (χ0v) is 6.70. The Morgan fingerprint density at radius 1 is 1.60 bits per heavy atom. The fourth-order valence-electron chi connectivity index (χ4n) is 0.925. The Balaban J connectivity index is 2.64. The van der Waals surface area contributed by atoms with Crippen LogP contribution in [0.2, 0.25) is 0 Å². The van der Waals surface area contributed by atoms with Crippen LogP contribution in [0, 0.1) is 0 Å². The molecule has 0 aromatic heterocycles. The molecule has 0 radical (unpaired) electrons. The average Bonchev–Trinajstić information content (AvgIpc) is 1.88. The summed E-state index contributed by atoms with van der Waals surface area (Å²) in [5.41, 5.74) is 1.24.